The highest BCUT2D eigenvalue weighted by Crippen LogP contribution is 2.34. The molecule has 1 aliphatic rings. The normalized spacial score (nSPS) is 17.3. The first-order valence-electron chi connectivity index (χ1n) is 9.26. The summed E-state index contributed by atoms with van der Waals surface area (Å²) >= 11 is 5.20. The van der Waals surface area contributed by atoms with Crippen LogP contribution in [0.1, 0.15) is 37.4 Å². The van der Waals surface area contributed by atoms with E-state index in [2.05, 4.69) is 39.0 Å². The zero-order valence-corrected chi connectivity index (χ0v) is 17.1. The lowest BCUT2D eigenvalue weighted by Crippen LogP contribution is -2.29. The highest BCUT2D eigenvalue weighted by Gasteiger charge is 2.19. The summed E-state index contributed by atoms with van der Waals surface area (Å²) in [5.74, 6) is 0. The van der Waals surface area contributed by atoms with Gasteiger partial charge in [-0.05, 0) is 71.7 Å². The van der Waals surface area contributed by atoms with Crippen molar-refractivity contribution in [1.82, 2.24) is 9.88 Å². The van der Waals surface area contributed by atoms with Crippen molar-refractivity contribution in [2.45, 2.75) is 31.8 Å². The molecule has 2 aromatic heterocycles. The monoisotopic (exact) mass is 430 g/mol. The molecule has 5 heteroatoms. The molecule has 3 heterocycles. The molecule has 1 atom stereocenters. The third-order valence-electron chi connectivity index (χ3n) is 5.06. The number of aliphatic hydroxyl groups excluding tert-OH is 1. The Hall–Kier alpha value is -1.27. The zero-order chi connectivity index (χ0) is 17.9. The Bertz CT molecular complexity index is 887. The van der Waals surface area contributed by atoms with Crippen LogP contribution in [0.2, 0.25) is 0 Å². The molecule has 136 valence electrons. The Morgan fingerprint density at radius 1 is 1.08 bits per heavy atom. The number of likely N-dealkylation sites (tertiary alicyclic amines) is 1. The molecule has 0 bridgehead atoms. The highest BCUT2D eigenvalue weighted by atomic mass is 79.9. The molecule has 1 N–H and O–H groups in total. The van der Waals surface area contributed by atoms with Gasteiger partial charge in [-0.15, -0.1) is 11.3 Å². The minimum absolute atomic E-state index is 0.497. The van der Waals surface area contributed by atoms with Crippen LogP contribution in [0.15, 0.2) is 46.3 Å². The van der Waals surface area contributed by atoms with Gasteiger partial charge in [0.05, 0.1) is 26.0 Å². The Labute approximate surface area is 166 Å². The number of thiophene rings is 1. The molecule has 1 fully saturated rings. The van der Waals surface area contributed by atoms with E-state index in [1.807, 2.05) is 24.3 Å². The van der Waals surface area contributed by atoms with Crippen LogP contribution < -0.4 is 0 Å². The fraction of sp³-hybridized carbons (Fsp3) is 0.381. The molecule has 0 aliphatic carbocycles. The third kappa shape index (κ3) is 4.01. The number of rotatable bonds is 4. The summed E-state index contributed by atoms with van der Waals surface area (Å²) in [4.78, 5) is 8.36. The van der Waals surface area contributed by atoms with Crippen molar-refractivity contribution in [3.8, 4) is 10.6 Å². The predicted molar refractivity (Wildman–Crippen MR) is 113 cm³/mol. The average molecular weight is 431 g/mol. The highest BCUT2D eigenvalue weighted by molar-refractivity contribution is 9.11. The van der Waals surface area contributed by atoms with Crippen LogP contribution in [0, 0.1) is 0 Å². The molecule has 3 aromatic rings. The number of nitrogens with zero attached hydrogens (tertiary/aromatic N) is 2. The molecule has 0 amide bonds. The molecule has 1 aromatic carbocycles. The molecular formula is C21H23BrN2OS. The SMILES string of the molecule is OC(CN1CCCCCC1)c1cc(-c2ccc(Br)s2)nc2ccccc12. The van der Waals surface area contributed by atoms with Gasteiger partial charge in [-0.25, -0.2) is 4.98 Å². The van der Waals surface area contributed by atoms with Crippen LogP contribution >= 0.6 is 27.3 Å². The van der Waals surface area contributed by atoms with Crippen molar-refractivity contribution in [2.75, 3.05) is 19.6 Å². The van der Waals surface area contributed by atoms with Crippen molar-refractivity contribution in [3.05, 3.63) is 51.8 Å². The summed E-state index contributed by atoms with van der Waals surface area (Å²) in [7, 11) is 0. The fourth-order valence-electron chi connectivity index (χ4n) is 3.72. The molecule has 3 nitrogen and oxygen atoms in total. The average Bonchev–Trinajstić information content (AvgIpc) is 2.93. The van der Waals surface area contributed by atoms with E-state index in [-0.39, 0.29) is 0 Å². The van der Waals surface area contributed by atoms with E-state index in [9.17, 15) is 5.11 Å². The standard InChI is InChI=1S/C21H23BrN2OS/c22-21-10-9-20(26-21)18-13-16(15-7-3-4-8-17(15)23-18)19(25)14-24-11-5-1-2-6-12-24/h3-4,7-10,13,19,25H,1-2,5-6,11-12,14H2. The van der Waals surface area contributed by atoms with Gasteiger partial charge in [0, 0.05) is 11.9 Å². The minimum Gasteiger partial charge on any atom is -0.387 e. The topological polar surface area (TPSA) is 36.4 Å². The van der Waals surface area contributed by atoms with Crippen molar-refractivity contribution in [3.63, 3.8) is 0 Å². The number of β-amino-alcohol motifs (C(OH)–C–C–N with tert-alkyl or cyclic N) is 1. The first-order chi connectivity index (χ1) is 12.7. The van der Waals surface area contributed by atoms with Crippen LogP contribution in [0.25, 0.3) is 21.5 Å². The van der Waals surface area contributed by atoms with E-state index in [4.69, 9.17) is 4.98 Å². The van der Waals surface area contributed by atoms with Crippen LogP contribution in [0.3, 0.4) is 0 Å². The number of aromatic nitrogens is 1. The lowest BCUT2D eigenvalue weighted by Gasteiger charge is -2.24. The number of hydrogen-bond acceptors (Lipinski definition) is 4. The maximum atomic E-state index is 11.1. The summed E-state index contributed by atoms with van der Waals surface area (Å²) < 4.78 is 1.09. The predicted octanol–water partition coefficient (Wildman–Crippen LogP) is 5.64. The molecule has 0 spiro atoms. The van der Waals surface area contributed by atoms with E-state index < -0.39 is 6.10 Å². The van der Waals surface area contributed by atoms with Crippen LogP contribution in [-0.4, -0.2) is 34.6 Å². The van der Waals surface area contributed by atoms with Crippen LogP contribution in [-0.2, 0) is 0 Å². The van der Waals surface area contributed by atoms with Gasteiger partial charge in [-0.3, -0.25) is 0 Å². The van der Waals surface area contributed by atoms with Crippen LogP contribution in [0.5, 0.6) is 0 Å². The number of hydrogen-bond donors (Lipinski definition) is 1. The van der Waals surface area contributed by atoms with Crippen molar-refractivity contribution >= 4 is 38.2 Å². The lowest BCUT2D eigenvalue weighted by atomic mass is 10.0. The molecule has 26 heavy (non-hydrogen) atoms. The van der Waals surface area contributed by atoms with Gasteiger partial charge in [-0.2, -0.15) is 0 Å². The molecule has 1 saturated heterocycles. The van der Waals surface area contributed by atoms with Gasteiger partial charge in [0.25, 0.3) is 0 Å². The van der Waals surface area contributed by atoms with Crippen molar-refractivity contribution in [2.24, 2.45) is 0 Å². The first kappa shape index (κ1) is 18.1. The molecular weight excluding hydrogens is 408 g/mol. The molecule has 4 rings (SSSR count). The second-order valence-electron chi connectivity index (χ2n) is 6.95. The fourth-order valence-corrected chi connectivity index (χ4v) is 5.06. The number of pyridine rings is 1. The Balaban J connectivity index is 1.70. The Kier molecular flexibility index (Phi) is 5.69. The van der Waals surface area contributed by atoms with Gasteiger partial charge in [0.15, 0.2) is 0 Å². The second kappa shape index (κ2) is 8.17. The summed E-state index contributed by atoms with van der Waals surface area (Å²) in [5, 5.41) is 12.1. The Morgan fingerprint density at radius 2 is 1.85 bits per heavy atom. The first-order valence-corrected chi connectivity index (χ1v) is 10.9. The van der Waals surface area contributed by atoms with E-state index in [0.717, 1.165) is 43.9 Å². The van der Waals surface area contributed by atoms with E-state index in [1.165, 1.54) is 25.7 Å². The van der Waals surface area contributed by atoms with Gasteiger partial charge < -0.3 is 10.0 Å². The molecule has 1 unspecified atom stereocenters. The van der Waals surface area contributed by atoms with Crippen LogP contribution in [0.4, 0.5) is 0 Å². The van der Waals surface area contributed by atoms with E-state index >= 15 is 0 Å². The molecule has 1 aliphatic heterocycles. The number of fused-ring (bicyclic) bond motifs is 1. The van der Waals surface area contributed by atoms with Gasteiger partial charge in [0.2, 0.25) is 0 Å². The summed E-state index contributed by atoms with van der Waals surface area (Å²) in [6, 6.07) is 14.3. The Morgan fingerprint density at radius 3 is 2.58 bits per heavy atom. The van der Waals surface area contributed by atoms with E-state index in [1.54, 1.807) is 11.3 Å². The number of aliphatic hydroxyl groups is 1. The molecule has 0 saturated carbocycles. The number of para-hydroxylation sites is 1. The van der Waals surface area contributed by atoms with Gasteiger partial charge in [-0.1, -0.05) is 31.0 Å². The summed E-state index contributed by atoms with van der Waals surface area (Å²) in [6.45, 7) is 2.87. The lowest BCUT2D eigenvalue weighted by molar-refractivity contribution is 0.116. The smallest absolute Gasteiger partial charge is 0.0924 e. The minimum atomic E-state index is -0.497. The van der Waals surface area contributed by atoms with Gasteiger partial charge in [0.1, 0.15) is 0 Å². The van der Waals surface area contributed by atoms with Crippen molar-refractivity contribution in [1.29, 1.82) is 0 Å². The van der Waals surface area contributed by atoms with E-state index in [0.29, 0.717) is 6.54 Å². The molecule has 0 radical (unpaired) electrons. The number of halogens is 1. The zero-order valence-electron chi connectivity index (χ0n) is 14.7. The second-order valence-corrected chi connectivity index (χ2v) is 9.41. The third-order valence-corrected chi connectivity index (χ3v) is 6.71. The summed E-state index contributed by atoms with van der Waals surface area (Å²) in [5.41, 5.74) is 2.86. The quantitative estimate of drug-likeness (QED) is 0.581. The maximum absolute atomic E-state index is 11.1. The summed E-state index contributed by atoms with van der Waals surface area (Å²) in [6.07, 6.45) is 4.59. The van der Waals surface area contributed by atoms with Gasteiger partial charge >= 0.3 is 0 Å². The maximum Gasteiger partial charge on any atom is 0.0924 e. The van der Waals surface area contributed by atoms with Crippen molar-refractivity contribution < 1.29 is 5.11 Å². The number of benzene rings is 1. The largest absolute Gasteiger partial charge is 0.387 e.